The third-order valence-electron chi connectivity index (χ3n) is 2.18. The summed E-state index contributed by atoms with van der Waals surface area (Å²) in [6.07, 6.45) is 0.919. The number of carboxylic acids is 1. The van der Waals surface area contributed by atoms with Gasteiger partial charge in [-0.25, -0.2) is 13.8 Å². The van der Waals surface area contributed by atoms with Crippen molar-refractivity contribution >= 4 is 5.97 Å². The van der Waals surface area contributed by atoms with Crippen molar-refractivity contribution in [2.45, 2.75) is 13.0 Å². The maximum absolute atomic E-state index is 13.2. The van der Waals surface area contributed by atoms with E-state index in [4.69, 9.17) is 14.3 Å². The Hall–Kier alpha value is -2.44. The van der Waals surface area contributed by atoms with Gasteiger partial charge < -0.3 is 14.3 Å². The molecule has 0 fully saturated rings. The fourth-order valence-corrected chi connectivity index (χ4v) is 1.38. The topological polar surface area (TPSA) is 72.6 Å². The van der Waals surface area contributed by atoms with Gasteiger partial charge in [0, 0.05) is 6.07 Å². The summed E-state index contributed by atoms with van der Waals surface area (Å²) in [5.41, 5.74) is 0.241. The van der Waals surface area contributed by atoms with Crippen molar-refractivity contribution in [3.63, 3.8) is 0 Å². The second-order valence-corrected chi connectivity index (χ2v) is 3.67. The zero-order chi connectivity index (χ0) is 13.8. The SMILES string of the molecule is O=C(O)Cc1coc(COc2ccc(F)cc2F)n1. The third-order valence-corrected chi connectivity index (χ3v) is 2.18. The molecule has 0 radical (unpaired) electrons. The second-order valence-electron chi connectivity index (χ2n) is 3.67. The number of aromatic nitrogens is 1. The molecule has 0 bridgehead atoms. The molecule has 7 heteroatoms. The van der Waals surface area contributed by atoms with Crippen molar-refractivity contribution in [3.8, 4) is 5.75 Å². The van der Waals surface area contributed by atoms with Gasteiger partial charge in [0.05, 0.1) is 12.1 Å². The highest BCUT2D eigenvalue weighted by Gasteiger charge is 2.10. The Balaban J connectivity index is 1.98. The van der Waals surface area contributed by atoms with E-state index >= 15 is 0 Å². The van der Waals surface area contributed by atoms with Gasteiger partial charge in [0.15, 0.2) is 18.2 Å². The van der Waals surface area contributed by atoms with Gasteiger partial charge in [0.25, 0.3) is 0 Å². The fourth-order valence-electron chi connectivity index (χ4n) is 1.38. The molecule has 0 aliphatic heterocycles. The van der Waals surface area contributed by atoms with Crippen LogP contribution in [0.1, 0.15) is 11.6 Å². The van der Waals surface area contributed by atoms with Gasteiger partial charge in [-0.05, 0) is 12.1 Å². The van der Waals surface area contributed by atoms with E-state index in [-0.39, 0.29) is 30.4 Å². The lowest BCUT2D eigenvalue weighted by Gasteiger charge is -2.04. The summed E-state index contributed by atoms with van der Waals surface area (Å²) >= 11 is 0. The van der Waals surface area contributed by atoms with E-state index in [9.17, 15) is 13.6 Å². The fraction of sp³-hybridized carbons (Fsp3) is 0.167. The van der Waals surface area contributed by atoms with Gasteiger partial charge in [-0.1, -0.05) is 0 Å². The molecule has 19 heavy (non-hydrogen) atoms. The first-order chi connectivity index (χ1) is 9.04. The molecule has 0 unspecified atom stereocenters. The summed E-state index contributed by atoms with van der Waals surface area (Å²) in [5, 5.41) is 8.55. The van der Waals surface area contributed by atoms with E-state index in [1.807, 2.05) is 0 Å². The highest BCUT2D eigenvalue weighted by atomic mass is 19.1. The molecule has 0 aliphatic rings. The van der Waals surface area contributed by atoms with Crippen LogP contribution in [-0.4, -0.2) is 16.1 Å². The van der Waals surface area contributed by atoms with Crippen LogP contribution in [0.2, 0.25) is 0 Å². The summed E-state index contributed by atoms with van der Waals surface area (Å²) in [6, 6.07) is 2.90. The molecule has 2 rings (SSSR count). The number of hydrogen-bond acceptors (Lipinski definition) is 4. The standard InChI is InChI=1S/C12H9F2NO4/c13-7-1-2-10(9(14)3-7)18-6-11-15-8(5-19-11)4-12(16)17/h1-3,5H,4,6H2,(H,16,17). The first-order valence-electron chi connectivity index (χ1n) is 5.27. The highest BCUT2D eigenvalue weighted by molar-refractivity contribution is 5.69. The number of aliphatic carboxylic acids is 1. The Morgan fingerprint density at radius 1 is 1.42 bits per heavy atom. The molecule has 100 valence electrons. The van der Waals surface area contributed by atoms with E-state index in [2.05, 4.69) is 4.98 Å². The molecule has 0 atom stereocenters. The number of halogens is 2. The van der Waals surface area contributed by atoms with Crippen LogP contribution < -0.4 is 4.74 Å². The van der Waals surface area contributed by atoms with Crippen molar-refractivity contribution in [1.29, 1.82) is 0 Å². The average molecular weight is 269 g/mol. The number of nitrogens with zero attached hydrogens (tertiary/aromatic N) is 1. The molecular formula is C12H9F2NO4. The van der Waals surface area contributed by atoms with Gasteiger partial charge in [-0.2, -0.15) is 0 Å². The van der Waals surface area contributed by atoms with Gasteiger partial charge in [0.1, 0.15) is 12.1 Å². The maximum Gasteiger partial charge on any atom is 0.309 e. The summed E-state index contributed by atoms with van der Waals surface area (Å²) in [6.45, 7) is -0.178. The molecule has 0 amide bonds. The zero-order valence-electron chi connectivity index (χ0n) is 9.60. The molecule has 0 saturated carbocycles. The lowest BCUT2D eigenvalue weighted by Crippen LogP contribution is -2.02. The molecule has 1 heterocycles. The normalized spacial score (nSPS) is 10.4. The maximum atomic E-state index is 13.2. The number of rotatable bonds is 5. The first-order valence-corrected chi connectivity index (χ1v) is 5.27. The van der Waals surface area contributed by atoms with Gasteiger partial charge >= 0.3 is 5.97 Å². The molecule has 1 aromatic heterocycles. The predicted octanol–water partition coefficient (Wildman–Crippen LogP) is 2.16. The van der Waals surface area contributed by atoms with E-state index in [1.165, 1.54) is 6.26 Å². The van der Waals surface area contributed by atoms with E-state index in [0.717, 1.165) is 12.1 Å². The summed E-state index contributed by atoms with van der Waals surface area (Å²) < 4.78 is 35.9. The highest BCUT2D eigenvalue weighted by Crippen LogP contribution is 2.18. The van der Waals surface area contributed by atoms with Crippen molar-refractivity contribution < 1.29 is 27.8 Å². The predicted molar refractivity (Wildman–Crippen MR) is 58.5 cm³/mol. The summed E-state index contributed by atoms with van der Waals surface area (Å²) in [5.74, 6) is -2.60. The third kappa shape index (κ3) is 3.51. The van der Waals surface area contributed by atoms with Crippen molar-refractivity contribution in [2.75, 3.05) is 0 Å². The largest absolute Gasteiger partial charge is 0.481 e. The van der Waals surface area contributed by atoms with Crippen LogP contribution in [0.25, 0.3) is 0 Å². The minimum Gasteiger partial charge on any atom is -0.481 e. The number of carboxylic acid groups (broad SMARTS) is 1. The Labute approximate surface area is 106 Å². The Bertz CT molecular complexity index is 597. The number of hydrogen-bond donors (Lipinski definition) is 1. The Morgan fingerprint density at radius 3 is 2.89 bits per heavy atom. The van der Waals surface area contributed by atoms with Crippen LogP contribution in [0.15, 0.2) is 28.9 Å². The molecule has 2 aromatic rings. The number of ether oxygens (including phenoxy) is 1. The van der Waals surface area contributed by atoms with Crippen LogP contribution in [-0.2, 0) is 17.8 Å². The minimum atomic E-state index is -1.04. The average Bonchev–Trinajstić information content (AvgIpc) is 2.74. The molecular weight excluding hydrogens is 260 g/mol. The molecule has 0 saturated heterocycles. The minimum absolute atomic E-state index is 0.111. The smallest absolute Gasteiger partial charge is 0.309 e. The first kappa shape index (κ1) is 13.0. The number of carbonyl (C=O) groups is 1. The van der Waals surface area contributed by atoms with Gasteiger partial charge in [0.2, 0.25) is 5.89 Å². The van der Waals surface area contributed by atoms with E-state index in [1.54, 1.807) is 0 Å². The lowest BCUT2D eigenvalue weighted by atomic mass is 10.3. The van der Waals surface area contributed by atoms with Crippen LogP contribution in [0.4, 0.5) is 8.78 Å². The zero-order valence-corrected chi connectivity index (χ0v) is 9.60. The van der Waals surface area contributed by atoms with Crippen molar-refractivity contribution in [3.05, 3.63) is 47.7 Å². The van der Waals surface area contributed by atoms with Crippen molar-refractivity contribution in [2.24, 2.45) is 0 Å². The molecule has 0 aliphatic carbocycles. The molecule has 1 N–H and O–H groups in total. The van der Waals surface area contributed by atoms with E-state index < -0.39 is 17.6 Å². The van der Waals surface area contributed by atoms with Crippen LogP contribution in [0.3, 0.4) is 0 Å². The van der Waals surface area contributed by atoms with E-state index in [0.29, 0.717) is 6.07 Å². The van der Waals surface area contributed by atoms with Crippen LogP contribution in [0.5, 0.6) is 5.75 Å². The number of benzene rings is 1. The van der Waals surface area contributed by atoms with Gasteiger partial charge in [-0.3, -0.25) is 4.79 Å². The second kappa shape index (κ2) is 5.47. The Morgan fingerprint density at radius 2 is 2.21 bits per heavy atom. The summed E-state index contributed by atoms with van der Waals surface area (Å²) in [7, 11) is 0. The summed E-state index contributed by atoms with van der Waals surface area (Å²) in [4.78, 5) is 14.3. The van der Waals surface area contributed by atoms with Gasteiger partial charge in [-0.15, -0.1) is 0 Å². The lowest BCUT2D eigenvalue weighted by molar-refractivity contribution is -0.136. The molecule has 1 aromatic carbocycles. The Kier molecular flexibility index (Phi) is 3.74. The number of oxazole rings is 1. The monoisotopic (exact) mass is 269 g/mol. The van der Waals surface area contributed by atoms with Crippen molar-refractivity contribution in [1.82, 2.24) is 4.98 Å². The molecule has 5 nitrogen and oxygen atoms in total. The quantitative estimate of drug-likeness (QED) is 0.900. The molecule has 0 spiro atoms. The van der Waals surface area contributed by atoms with Crippen LogP contribution in [0, 0.1) is 11.6 Å². The van der Waals surface area contributed by atoms with Crippen LogP contribution >= 0.6 is 0 Å².